The molecule has 1 fully saturated rings. The second-order valence-electron chi connectivity index (χ2n) is 5.76. The Hall–Kier alpha value is -1.06. The van der Waals surface area contributed by atoms with E-state index in [1.54, 1.807) is 7.11 Å². The Morgan fingerprint density at radius 1 is 1.37 bits per heavy atom. The highest BCUT2D eigenvalue weighted by Gasteiger charge is 2.22. The Kier molecular flexibility index (Phi) is 4.48. The van der Waals surface area contributed by atoms with Crippen LogP contribution >= 0.6 is 0 Å². The summed E-state index contributed by atoms with van der Waals surface area (Å²) in [5, 5.41) is 3.41. The van der Waals surface area contributed by atoms with E-state index in [0.29, 0.717) is 0 Å². The fraction of sp³-hybridized carbons (Fsp3) is 0.625. The van der Waals surface area contributed by atoms with E-state index in [4.69, 9.17) is 10.5 Å². The molecule has 0 saturated carbocycles. The van der Waals surface area contributed by atoms with Crippen molar-refractivity contribution in [2.75, 3.05) is 20.2 Å². The minimum atomic E-state index is 0.134. The first-order chi connectivity index (χ1) is 9.04. The molecular weight excluding hydrogens is 236 g/mol. The van der Waals surface area contributed by atoms with E-state index in [1.807, 2.05) is 0 Å². The Morgan fingerprint density at radius 3 is 2.68 bits per heavy atom. The van der Waals surface area contributed by atoms with Gasteiger partial charge in [0.15, 0.2) is 0 Å². The van der Waals surface area contributed by atoms with E-state index in [-0.39, 0.29) is 6.04 Å². The van der Waals surface area contributed by atoms with E-state index < -0.39 is 0 Å². The molecule has 0 aromatic heterocycles. The van der Waals surface area contributed by atoms with Crippen LogP contribution in [0.2, 0.25) is 0 Å². The number of aryl methyl sites for hydroxylation is 1. The van der Waals surface area contributed by atoms with E-state index in [0.717, 1.165) is 31.2 Å². The van der Waals surface area contributed by atoms with Crippen molar-refractivity contribution in [1.82, 2.24) is 5.32 Å². The number of nitrogens with two attached hydrogens (primary N) is 1. The van der Waals surface area contributed by atoms with Gasteiger partial charge in [0.25, 0.3) is 0 Å². The molecule has 0 spiro atoms. The Labute approximate surface area is 116 Å². The van der Waals surface area contributed by atoms with Crippen LogP contribution in [-0.2, 0) is 0 Å². The van der Waals surface area contributed by atoms with Crippen molar-refractivity contribution in [2.45, 2.75) is 39.7 Å². The minimum Gasteiger partial charge on any atom is -0.496 e. The Bertz CT molecular complexity index is 451. The maximum Gasteiger partial charge on any atom is 0.122 e. The smallest absolute Gasteiger partial charge is 0.122 e. The lowest BCUT2D eigenvalue weighted by atomic mass is 9.87. The lowest BCUT2D eigenvalue weighted by Crippen LogP contribution is -2.19. The summed E-state index contributed by atoms with van der Waals surface area (Å²) < 4.78 is 5.42. The fourth-order valence-corrected chi connectivity index (χ4v) is 3.24. The highest BCUT2D eigenvalue weighted by molar-refractivity contribution is 5.49. The molecule has 3 heteroatoms. The monoisotopic (exact) mass is 262 g/mol. The van der Waals surface area contributed by atoms with Gasteiger partial charge >= 0.3 is 0 Å². The third-order valence-corrected chi connectivity index (χ3v) is 4.45. The molecule has 1 aliphatic heterocycles. The van der Waals surface area contributed by atoms with Crippen LogP contribution in [0.5, 0.6) is 5.75 Å². The van der Waals surface area contributed by atoms with E-state index in [9.17, 15) is 0 Å². The SMILES string of the molecule is COc1cc(C)c(C(N)CC2CCNC2)c(C)c1C. The van der Waals surface area contributed by atoms with Crippen molar-refractivity contribution in [3.63, 3.8) is 0 Å². The van der Waals surface area contributed by atoms with Crippen molar-refractivity contribution >= 4 is 0 Å². The van der Waals surface area contributed by atoms with Gasteiger partial charge in [0.1, 0.15) is 5.75 Å². The molecule has 0 radical (unpaired) electrons. The molecule has 2 rings (SSSR count). The molecule has 1 saturated heterocycles. The molecule has 1 aliphatic rings. The van der Waals surface area contributed by atoms with Crippen molar-refractivity contribution in [3.05, 3.63) is 28.3 Å². The summed E-state index contributed by atoms with van der Waals surface area (Å²) in [5.41, 5.74) is 11.5. The number of benzene rings is 1. The average Bonchev–Trinajstić information content (AvgIpc) is 2.86. The van der Waals surface area contributed by atoms with Crippen LogP contribution < -0.4 is 15.8 Å². The summed E-state index contributed by atoms with van der Waals surface area (Å²) in [5.74, 6) is 1.68. The molecule has 19 heavy (non-hydrogen) atoms. The van der Waals surface area contributed by atoms with Crippen LogP contribution in [0.25, 0.3) is 0 Å². The topological polar surface area (TPSA) is 47.3 Å². The summed E-state index contributed by atoms with van der Waals surface area (Å²) >= 11 is 0. The predicted molar refractivity (Wildman–Crippen MR) is 79.7 cm³/mol. The van der Waals surface area contributed by atoms with Gasteiger partial charge in [0.05, 0.1) is 7.11 Å². The third-order valence-electron chi connectivity index (χ3n) is 4.45. The van der Waals surface area contributed by atoms with Gasteiger partial charge < -0.3 is 15.8 Å². The molecule has 1 aromatic rings. The molecule has 1 heterocycles. The van der Waals surface area contributed by atoms with Crippen molar-refractivity contribution < 1.29 is 4.74 Å². The highest BCUT2D eigenvalue weighted by Crippen LogP contribution is 2.33. The molecule has 0 amide bonds. The predicted octanol–water partition coefficient (Wildman–Crippen LogP) is 2.62. The first kappa shape index (κ1) is 14.4. The Balaban J connectivity index is 2.25. The number of nitrogens with one attached hydrogen (secondary N) is 1. The number of rotatable bonds is 4. The zero-order valence-electron chi connectivity index (χ0n) is 12.5. The first-order valence-electron chi connectivity index (χ1n) is 7.15. The van der Waals surface area contributed by atoms with Crippen LogP contribution in [0.3, 0.4) is 0 Å². The molecular formula is C16H26N2O. The lowest BCUT2D eigenvalue weighted by Gasteiger charge is -2.23. The molecule has 2 atom stereocenters. The van der Waals surface area contributed by atoms with Crippen molar-refractivity contribution in [1.29, 1.82) is 0 Å². The molecule has 3 N–H and O–H groups in total. The Morgan fingerprint density at radius 2 is 2.11 bits per heavy atom. The van der Waals surface area contributed by atoms with Crippen LogP contribution in [0.1, 0.15) is 41.1 Å². The maximum absolute atomic E-state index is 6.47. The number of methoxy groups -OCH3 is 1. The maximum atomic E-state index is 6.47. The van der Waals surface area contributed by atoms with Crippen molar-refractivity contribution in [2.24, 2.45) is 11.7 Å². The summed E-state index contributed by atoms with van der Waals surface area (Å²) in [6, 6.07) is 2.25. The van der Waals surface area contributed by atoms with Gasteiger partial charge in [0.2, 0.25) is 0 Å². The fourth-order valence-electron chi connectivity index (χ4n) is 3.24. The van der Waals surface area contributed by atoms with Gasteiger partial charge in [-0.1, -0.05) is 0 Å². The van der Waals surface area contributed by atoms with Crippen molar-refractivity contribution in [3.8, 4) is 5.75 Å². The average molecular weight is 262 g/mol. The standard InChI is InChI=1S/C16H26N2O/c1-10-7-15(19-4)11(2)12(3)16(10)14(17)8-13-5-6-18-9-13/h7,13-14,18H,5-6,8-9,17H2,1-4H3. The molecule has 106 valence electrons. The summed E-state index contributed by atoms with van der Waals surface area (Å²) in [6.07, 6.45) is 2.32. The van der Waals surface area contributed by atoms with Crippen LogP contribution in [0.4, 0.5) is 0 Å². The first-order valence-corrected chi connectivity index (χ1v) is 7.15. The minimum absolute atomic E-state index is 0.134. The molecule has 3 nitrogen and oxygen atoms in total. The zero-order chi connectivity index (χ0) is 14.0. The van der Waals surface area contributed by atoms with Crippen LogP contribution in [0.15, 0.2) is 6.07 Å². The van der Waals surface area contributed by atoms with Gasteiger partial charge in [-0.15, -0.1) is 0 Å². The number of hydrogen-bond acceptors (Lipinski definition) is 3. The van der Waals surface area contributed by atoms with E-state index in [2.05, 4.69) is 32.2 Å². The van der Waals surface area contributed by atoms with Gasteiger partial charge in [-0.05, 0) is 80.9 Å². The molecule has 0 bridgehead atoms. The van der Waals surface area contributed by atoms with Crippen LogP contribution in [0, 0.1) is 26.7 Å². The summed E-state index contributed by atoms with van der Waals surface area (Å²) in [6.45, 7) is 8.66. The largest absolute Gasteiger partial charge is 0.496 e. The lowest BCUT2D eigenvalue weighted by molar-refractivity contribution is 0.410. The quantitative estimate of drug-likeness (QED) is 0.877. The second kappa shape index (κ2) is 5.93. The van der Waals surface area contributed by atoms with Gasteiger partial charge in [-0.25, -0.2) is 0 Å². The second-order valence-corrected chi connectivity index (χ2v) is 5.76. The van der Waals surface area contributed by atoms with E-state index >= 15 is 0 Å². The van der Waals surface area contributed by atoms with Gasteiger partial charge in [-0.3, -0.25) is 0 Å². The van der Waals surface area contributed by atoms with Gasteiger partial charge in [-0.2, -0.15) is 0 Å². The molecule has 0 aliphatic carbocycles. The van der Waals surface area contributed by atoms with E-state index in [1.165, 1.54) is 28.7 Å². The van der Waals surface area contributed by atoms with Gasteiger partial charge in [0, 0.05) is 6.04 Å². The number of hydrogen-bond donors (Lipinski definition) is 2. The molecule has 1 aromatic carbocycles. The highest BCUT2D eigenvalue weighted by atomic mass is 16.5. The summed E-state index contributed by atoms with van der Waals surface area (Å²) in [7, 11) is 1.73. The normalized spacial score (nSPS) is 20.6. The molecule has 2 unspecified atom stereocenters. The van der Waals surface area contributed by atoms with Crippen LogP contribution in [-0.4, -0.2) is 20.2 Å². The summed E-state index contributed by atoms with van der Waals surface area (Å²) in [4.78, 5) is 0. The number of ether oxygens (including phenoxy) is 1. The third kappa shape index (κ3) is 2.93. The zero-order valence-corrected chi connectivity index (χ0v) is 12.5.